The summed E-state index contributed by atoms with van der Waals surface area (Å²) in [7, 11) is 0. The molecule has 0 bridgehead atoms. The molecule has 1 fully saturated rings. The number of hydrogen-bond acceptors (Lipinski definition) is 2. The lowest BCUT2D eigenvalue weighted by Crippen LogP contribution is -2.19. The molecular weight excluding hydrogens is 181 g/mol. The zero-order valence-electron chi connectivity index (χ0n) is 8.22. The molecule has 2 nitrogen and oxygen atoms in total. The van der Waals surface area contributed by atoms with Gasteiger partial charge in [-0.05, 0) is 31.0 Å². The monoisotopic (exact) mass is 197 g/mol. The Hall–Kier alpha value is -1.09. The van der Waals surface area contributed by atoms with Crippen molar-refractivity contribution in [3.8, 4) is 0 Å². The topological polar surface area (TPSA) is 21.3 Å². The van der Waals surface area contributed by atoms with Crippen LogP contribution in [0.3, 0.4) is 0 Å². The average Bonchev–Trinajstić information content (AvgIpc) is 2.62. The van der Waals surface area contributed by atoms with Crippen molar-refractivity contribution in [2.75, 3.05) is 18.5 Å². The Labute approximate surface area is 84.6 Å². The molecule has 1 aromatic carbocycles. The molecule has 0 saturated carbocycles. The van der Waals surface area contributed by atoms with E-state index >= 15 is 0 Å². The first-order chi connectivity index (χ1) is 6.75. The van der Waals surface area contributed by atoms with E-state index < -0.39 is 0 Å². The van der Waals surface area contributed by atoms with Gasteiger partial charge in [0.05, 0.1) is 18.3 Å². The van der Waals surface area contributed by atoms with Crippen LogP contribution < -0.4 is 5.32 Å². The first-order valence-corrected chi connectivity index (χ1v) is 4.86. The van der Waals surface area contributed by atoms with Gasteiger partial charge in [-0.3, -0.25) is 0 Å². The lowest BCUT2D eigenvalue weighted by molar-refractivity contribution is 0.195. The summed E-state index contributed by atoms with van der Waals surface area (Å²) in [4.78, 5) is 0. The Morgan fingerprint density at radius 2 is 2.43 bits per heavy atom. The minimum atomic E-state index is -0.183. The molecule has 1 saturated heterocycles. The number of ether oxygens (including phenoxy) is 1. The zero-order chi connectivity index (χ0) is 9.97. The number of benzene rings is 1. The van der Waals surface area contributed by atoms with Crippen molar-refractivity contribution >= 4 is 5.69 Å². The quantitative estimate of drug-likeness (QED) is 0.786. The van der Waals surface area contributed by atoms with Gasteiger partial charge in [-0.1, -0.05) is 6.07 Å². The SMILES string of the molecule is Cc1ccc(NC2CCOC2)c(F)c1.[HH]. The summed E-state index contributed by atoms with van der Waals surface area (Å²) in [6.07, 6.45) is 0.952. The largest absolute Gasteiger partial charge is 0.379 e. The lowest BCUT2D eigenvalue weighted by atomic mass is 10.2. The molecule has 1 N–H and O–H groups in total. The van der Waals surface area contributed by atoms with Crippen molar-refractivity contribution in [3.63, 3.8) is 0 Å². The van der Waals surface area contributed by atoms with Gasteiger partial charge in [0, 0.05) is 8.03 Å². The van der Waals surface area contributed by atoms with Gasteiger partial charge in [-0.15, -0.1) is 0 Å². The first-order valence-electron chi connectivity index (χ1n) is 4.86. The van der Waals surface area contributed by atoms with E-state index in [2.05, 4.69) is 5.32 Å². The van der Waals surface area contributed by atoms with Gasteiger partial charge >= 0.3 is 0 Å². The second-order valence-electron chi connectivity index (χ2n) is 3.69. The van der Waals surface area contributed by atoms with Crippen molar-refractivity contribution < 1.29 is 10.6 Å². The highest BCUT2D eigenvalue weighted by molar-refractivity contribution is 5.47. The Balaban J connectivity index is 0.00000112. The van der Waals surface area contributed by atoms with Crippen LogP contribution >= 0.6 is 0 Å². The molecule has 78 valence electrons. The van der Waals surface area contributed by atoms with Gasteiger partial charge in [0.1, 0.15) is 5.82 Å². The van der Waals surface area contributed by atoms with Crippen LogP contribution in [0.4, 0.5) is 10.1 Å². The fourth-order valence-corrected chi connectivity index (χ4v) is 1.61. The van der Waals surface area contributed by atoms with Crippen LogP contribution in [0.2, 0.25) is 0 Å². The predicted molar refractivity (Wildman–Crippen MR) is 56.1 cm³/mol. The van der Waals surface area contributed by atoms with Gasteiger partial charge in [0.2, 0.25) is 0 Å². The van der Waals surface area contributed by atoms with Gasteiger partial charge in [-0.2, -0.15) is 0 Å². The van der Waals surface area contributed by atoms with E-state index in [1.807, 2.05) is 13.0 Å². The molecule has 0 aliphatic carbocycles. The number of nitrogens with one attached hydrogen (secondary N) is 1. The molecule has 0 radical (unpaired) electrons. The summed E-state index contributed by atoms with van der Waals surface area (Å²) >= 11 is 0. The third kappa shape index (κ3) is 2.04. The maximum Gasteiger partial charge on any atom is 0.146 e. The molecule has 1 atom stereocenters. The van der Waals surface area contributed by atoms with Crippen LogP contribution in [-0.4, -0.2) is 19.3 Å². The lowest BCUT2D eigenvalue weighted by Gasteiger charge is -2.12. The summed E-state index contributed by atoms with van der Waals surface area (Å²) in [5, 5.41) is 3.14. The van der Waals surface area contributed by atoms with Gasteiger partial charge < -0.3 is 10.1 Å². The minimum Gasteiger partial charge on any atom is -0.379 e. The normalized spacial score (nSPS) is 21.1. The fraction of sp³-hybridized carbons (Fsp3) is 0.455. The summed E-state index contributed by atoms with van der Waals surface area (Å²) in [6, 6.07) is 5.48. The Morgan fingerprint density at radius 3 is 3.07 bits per heavy atom. The average molecular weight is 197 g/mol. The van der Waals surface area contributed by atoms with Crippen molar-refractivity contribution in [1.29, 1.82) is 0 Å². The number of rotatable bonds is 2. The highest BCUT2D eigenvalue weighted by Gasteiger charge is 2.16. The molecule has 3 heteroatoms. The summed E-state index contributed by atoms with van der Waals surface area (Å²) in [5.74, 6) is -0.183. The molecule has 1 aliphatic rings. The third-order valence-corrected chi connectivity index (χ3v) is 2.41. The molecule has 1 unspecified atom stereocenters. The molecule has 0 spiro atoms. The molecule has 1 aromatic rings. The maximum absolute atomic E-state index is 13.4. The molecule has 0 amide bonds. The second kappa shape index (κ2) is 3.96. The highest BCUT2D eigenvalue weighted by atomic mass is 19.1. The molecular formula is C11H16FNO. The number of hydrogen-bond donors (Lipinski definition) is 1. The highest BCUT2D eigenvalue weighted by Crippen LogP contribution is 2.18. The smallest absolute Gasteiger partial charge is 0.146 e. The summed E-state index contributed by atoms with van der Waals surface area (Å²) in [5.41, 5.74) is 1.52. The number of halogens is 1. The van der Waals surface area contributed by atoms with Crippen LogP contribution in [0.5, 0.6) is 0 Å². The van der Waals surface area contributed by atoms with E-state index in [4.69, 9.17) is 4.74 Å². The number of anilines is 1. The van der Waals surface area contributed by atoms with Crippen LogP contribution in [0, 0.1) is 12.7 Å². The van der Waals surface area contributed by atoms with E-state index in [1.165, 1.54) is 6.07 Å². The third-order valence-electron chi connectivity index (χ3n) is 2.41. The van der Waals surface area contributed by atoms with Crippen LogP contribution in [0.1, 0.15) is 13.4 Å². The van der Waals surface area contributed by atoms with E-state index in [9.17, 15) is 4.39 Å². The minimum absolute atomic E-state index is 0. The summed E-state index contributed by atoms with van der Waals surface area (Å²) < 4.78 is 18.6. The van der Waals surface area contributed by atoms with E-state index in [-0.39, 0.29) is 13.3 Å². The molecule has 2 rings (SSSR count). The Bertz CT molecular complexity index is 326. The maximum atomic E-state index is 13.4. The predicted octanol–water partition coefficient (Wildman–Crippen LogP) is 2.58. The molecule has 14 heavy (non-hydrogen) atoms. The standard InChI is InChI=1S/C11H14FNO.H2/c1-8-2-3-11(10(12)6-8)13-9-4-5-14-7-9;/h2-3,6,9,13H,4-5,7H2,1H3;1H. The van der Waals surface area contributed by atoms with Gasteiger partial charge in [0.25, 0.3) is 0 Å². The zero-order valence-corrected chi connectivity index (χ0v) is 8.22. The first kappa shape index (κ1) is 9.46. The van der Waals surface area contributed by atoms with Crippen molar-refractivity contribution in [1.82, 2.24) is 0 Å². The van der Waals surface area contributed by atoms with Gasteiger partial charge in [-0.25, -0.2) is 4.39 Å². The second-order valence-corrected chi connectivity index (χ2v) is 3.69. The van der Waals surface area contributed by atoms with E-state index in [0.717, 1.165) is 18.6 Å². The Morgan fingerprint density at radius 1 is 1.57 bits per heavy atom. The molecule has 0 aromatic heterocycles. The van der Waals surface area contributed by atoms with Crippen LogP contribution in [-0.2, 0) is 4.74 Å². The van der Waals surface area contributed by atoms with Crippen LogP contribution in [0.25, 0.3) is 0 Å². The fourth-order valence-electron chi connectivity index (χ4n) is 1.61. The van der Waals surface area contributed by atoms with E-state index in [1.54, 1.807) is 6.07 Å². The molecule has 1 heterocycles. The Kier molecular flexibility index (Phi) is 2.68. The summed E-state index contributed by atoms with van der Waals surface area (Å²) in [6.45, 7) is 3.32. The van der Waals surface area contributed by atoms with Crippen molar-refractivity contribution in [2.45, 2.75) is 19.4 Å². The van der Waals surface area contributed by atoms with Gasteiger partial charge in [0.15, 0.2) is 0 Å². The van der Waals surface area contributed by atoms with Crippen molar-refractivity contribution in [3.05, 3.63) is 29.6 Å². The van der Waals surface area contributed by atoms with Crippen LogP contribution in [0.15, 0.2) is 18.2 Å². The number of aryl methyl sites for hydroxylation is 1. The molecule has 1 aliphatic heterocycles. The van der Waals surface area contributed by atoms with Crippen molar-refractivity contribution in [2.24, 2.45) is 0 Å². The van der Waals surface area contributed by atoms with E-state index in [0.29, 0.717) is 12.3 Å².